The topological polar surface area (TPSA) is 29.3 Å². The van der Waals surface area contributed by atoms with Crippen LogP contribution in [0.15, 0.2) is 24.3 Å². The molecule has 0 aliphatic carbocycles. The van der Waals surface area contributed by atoms with Crippen molar-refractivity contribution in [3.05, 3.63) is 34.9 Å². The van der Waals surface area contributed by atoms with E-state index in [1.54, 1.807) is 0 Å². The summed E-state index contributed by atoms with van der Waals surface area (Å²) in [4.78, 5) is 2.59. The van der Waals surface area contributed by atoms with Gasteiger partial charge in [0.1, 0.15) is 0 Å². The Balaban J connectivity index is 1.87. The van der Waals surface area contributed by atoms with E-state index in [1.165, 1.54) is 38.0 Å². The maximum absolute atomic E-state index is 6.35. The molecule has 4 rings (SSSR count). The van der Waals surface area contributed by atoms with Gasteiger partial charge in [0.25, 0.3) is 0 Å². The second-order valence-electron chi connectivity index (χ2n) is 5.67. The lowest BCUT2D eigenvalue weighted by Gasteiger charge is -2.47. The molecule has 2 unspecified atom stereocenters. The van der Waals surface area contributed by atoms with Crippen LogP contribution < -0.4 is 5.73 Å². The van der Waals surface area contributed by atoms with Crippen molar-refractivity contribution in [2.75, 3.05) is 26.2 Å². The average molecular weight is 265 g/mol. The summed E-state index contributed by atoms with van der Waals surface area (Å²) in [6.45, 7) is 4.47. The molecular weight excluding hydrogens is 244 g/mol. The lowest BCUT2D eigenvalue weighted by atomic mass is 9.70. The zero-order chi connectivity index (χ0) is 12.5. The Kier molecular flexibility index (Phi) is 3.60. The highest BCUT2D eigenvalue weighted by molar-refractivity contribution is 6.31. The van der Waals surface area contributed by atoms with Crippen molar-refractivity contribution in [3.63, 3.8) is 0 Å². The van der Waals surface area contributed by atoms with E-state index in [0.29, 0.717) is 18.4 Å². The number of nitrogens with two attached hydrogens (primary N) is 1. The van der Waals surface area contributed by atoms with Crippen LogP contribution in [0.4, 0.5) is 0 Å². The van der Waals surface area contributed by atoms with Gasteiger partial charge >= 0.3 is 0 Å². The molecule has 2 atom stereocenters. The van der Waals surface area contributed by atoms with Gasteiger partial charge in [0.15, 0.2) is 0 Å². The van der Waals surface area contributed by atoms with Crippen LogP contribution in [0.1, 0.15) is 24.3 Å². The Morgan fingerprint density at radius 3 is 2.56 bits per heavy atom. The maximum Gasteiger partial charge on any atom is 0.0441 e. The Morgan fingerprint density at radius 2 is 2.00 bits per heavy atom. The lowest BCUT2D eigenvalue weighted by molar-refractivity contribution is 0.0379. The normalized spacial score (nSPS) is 32.4. The molecule has 2 N–H and O–H groups in total. The van der Waals surface area contributed by atoms with Crippen molar-refractivity contribution in [2.45, 2.75) is 18.8 Å². The molecule has 18 heavy (non-hydrogen) atoms. The summed E-state index contributed by atoms with van der Waals surface area (Å²) in [5.74, 6) is 1.96. The molecule has 3 fully saturated rings. The van der Waals surface area contributed by atoms with Gasteiger partial charge in [-0.2, -0.15) is 0 Å². The van der Waals surface area contributed by atoms with Crippen LogP contribution in [0.25, 0.3) is 0 Å². The van der Waals surface area contributed by atoms with Crippen molar-refractivity contribution in [1.82, 2.24) is 4.90 Å². The van der Waals surface area contributed by atoms with E-state index in [1.807, 2.05) is 12.1 Å². The fourth-order valence-corrected chi connectivity index (χ4v) is 4.05. The van der Waals surface area contributed by atoms with Gasteiger partial charge in [-0.15, -0.1) is 0 Å². The summed E-state index contributed by atoms with van der Waals surface area (Å²) in [5.41, 5.74) is 7.31. The monoisotopic (exact) mass is 264 g/mol. The number of rotatable bonds is 3. The quantitative estimate of drug-likeness (QED) is 0.910. The summed E-state index contributed by atoms with van der Waals surface area (Å²) < 4.78 is 0. The van der Waals surface area contributed by atoms with Crippen LogP contribution in [0, 0.1) is 11.8 Å². The smallest absolute Gasteiger partial charge is 0.0441 e. The molecule has 3 heterocycles. The summed E-state index contributed by atoms with van der Waals surface area (Å²) in [7, 11) is 0. The third-order valence-electron chi connectivity index (χ3n) is 4.78. The number of nitrogens with zero attached hydrogens (tertiary/aromatic N) is 1. The van der Waals surface area contributed by atoms with Gasteiger partial charge in [-0.1, -0.05) is 29.8 Å². The van der Waals surface area contributed by atoms with E-state index < -0.39 is 0 Å². The van der Waals surface area contributed by atoms with Crippen LogP contribution in [0.2, 0.25) is 5.02 Å². The van der Waals surface area contributed by atoms with Gasteiger partial charge in [0.2, 0.25) is 0 Å². The Bertz CT molecular complexity index is 413. The van der Waals surface area contributed by atoms with Gasteiger partial charge in [-0.05, 0) is 55.9 Å². The number of hydrogen-bond donors (Lipinski definition) is 1. The second-order valence-corrected chi connectivity index (χ2v) is 6.07. The standard InChI is InChI=1S/C15H21ClN2/c16-15-4-2-1-3-12(15)13(9-17)14-10-18-7-5-11(14)6-8-18/h1-4,11,13-14H,5-10,17H2. The minimum Gasteiger partial charge on any atom is -0.330 e. The molecule has 0 aromatic heterocycles. The van der Waals surface area contributed by atoms with E-state index in [9.17, 15) is 0 Å². The third kappa shape index (κ3) is 2.18. The zero-order valence-corrected chi connectivity index (χ0v) is 11.4. The number of halogens is 1. The number of piperidine rings is 3. The van der Waals surface area contributed by atoms with E-state index in [0.717, 1.165) is 10.9 Å². The Hall–Kier alpha value is -0.570. The van der Waals surface area contributed by atoms with Gasteiger partial charge in [-0.3, -0.25) is 0 Å². The SMILES string of the molecule is NCC(c1ccccc1Cl)C1CN2CCC1CC2. The Labute approximate surface area is 114 Å². The van der Waals surface area contributed by atoms with Crippen molar-refractivity contribution < 1.29 is 0 Å². The van der Waals surface area contributed by atoms with E-state index in [2.05, 4.69) is 17.0 Å². The molecule has 0 radical (unpaired) electrons. The minimum absolute atomic E-state index is 0.423. The average Bonchev–Trinajstić information content (AvgIpc) is 2.43. The molecule has 2 bridgehead atoms. The highest BCUT2D eigenvalue weighted by Crippen LogP contribution is 2.41. The number of hydrogen-bond acceptors (Lipinski definition) is 2. The number of benzene rings is 1. The van der Waals surface area contributed by atoms with Crippen molar-refractivity contribution >= 4 is 11.6 Å². The van der Waals surface area contributed by atoms with Crippen LogP contribution in [-0.2, 0) is 0 Å². The summed E-state index contributed by atoms with van der Waals surface area (Å²) in [6.07, 6.45) is 2.68. The Morgan fingerprint density at radius 1 is 1.28 bits per heavy atom. The molecular formula is C15H21ClN2. The van der Waals surface area contributed by atoms with Crippen LogP contribution in [-0.4, -0.2) is 31.1 Å². The minimum atomic E-state index is 0.423. The van der Waals surface area contributed by atoms with E-state index >= 15 is 0 Å². The van der Waals surface area contributed by atoms with Crippen LogP contribution in [0.3, 0.4) is 0 Å². The van der Waals surface area contributed by atoms with Crippen molar-refractivity contribution in [1.29, 1.82) is 0 Å². The fourth-order valence-electron chi connectivity index (χ4n) is 3.77. The predicted molar refractivity (Wildman–Crippen MR) is 75.9 cm³/mol. The van der Waals surface area contributed by atoms with Crippen molar-refractivity contribution in [3.8, 4) is 0 Å². The maximum atomic E-state index is 6.35. The largest absolute Gasteiger partial charge is 0.330 e. The molecule has 1 aromatic carbocycles. The van der Waals surface area contributed by atoms with Crippen LogP contribution in [0.5, 0.6) is 0 Å². The first-order valence-corrected chi connectivity index (χ1v) is 7.34. The molecule has 98 valence electrons. The molecule has 3 saturated heterocycles. The van der Waals surface area contributed by atoms with Crippen molar-refractivity contribution in [2.24, 2.45) is 17.6 Å². The van der Waals surface area contributed by atoms with E-state index in [4.69, 9.17) is 17.3 Å². The van der Waals surface area contributed by atoms with Gasteiger partial charge < -0.3 is 10.6 Å². The molecule has 3 aliphatic heterocycles. The van der Waals surface area contributed by atoms with E-state index in [-0.39, 0.29) is 0 Å². The summed E-state index contributed by atoms with van der Waals surface area (Å²) >= 11 is 6.35. The molecule has 3 heteroatoms. The summed E-state index contributed by atoms with van der Waals surface area (Å²) in [6, 6.07) is 8.21. The predicted octanol–water partition coefficient (Wildman–Crippen LogP) is 2.72. The zero-order valence-electron chi connectivity index (χ0n) is 10.7. The molecule has 0 saturated carbocycles. The first-order valence-electron chi connectivity index (χ1n) is 6.96. The molecule has 0 spiro atoms. The lowest BCUT2D eigenvalue weighted by Crippen LogP contribution is -2.50. The van der Waals surface area contributed by atoms with Gasteiger partial charge in [0, 0.05) is 17.5 Å². The summed E-state index contributed by atoms with van der Waals surface area (Å²) in [5, 5.41) is 0.879. The molecule has 3 aliphatic rings. The molecule has 2 nitrogen and oxygen atoms in total. The van der Waals surface area contributed by atoms with Gasteiger partial charge in [0.05, 0.1) is 0 Å². The van der Waals surface area contributed by atoms with Crippen LogP contribution >= 0.6 is 11.6 Å². The molecule has 1 aromatic rings. The third-order valence-corrected chi connectivity index (χ3v) is 5.13. The highest BCUT2D eigenvalue weighted by atomic mass is 35.5. The first-order chi connectivity index (χ1) is 8.79. The highest BCUT2D eigenvalue weighted by Gasteiger charge is 2.38. The molecule has 0 amide bonds. The van der Waals surface area contributed by atoms with Gasteiger partial charge in [-0.25, -0.2) is 0 Å². The second kappa shape index (κ2) is 5.20. The fraction of sp³-hybridized carbons (Fsp3) is 0.600. The number of fused-ring (bicyclic) bond motifs is 3. The first kappa shape index (κ1) is 12.5.